The van der Waals surface area contributed by atoms with Crippen LogP contribution in [0.3, 0.4) is 0 Å². The lowest BCUT2D eigenvalue weighted by Crippen LogP contribution is -2.26. The molecule has 0 atom stereocenters. The highest BCUT2D eigenvalue weighted by atomic mass is 32.1. The number of rotatable bonds is 3. The van der Waals surface area contributed by atoms with Gasteiger partial charge < -0.3 is 5.32 Å². The van der Waals surface area contributed by atoms with Gasteiger partial charge in [-0.1, -0.05) is 20.8 Å². The van der Waals surface area contributed by atoms with Crippen LogP contribution in [0.15, 0.2) is 16.8 Å². The van der Waals surface area contributed by atoms with Gasteiger partial charge in [0.1, 0.15) is 0 Å². The third-order valence-electron chi connectivity index (χ3n) is 1.76. The minimum atomic E-state index is 0.0682. The molecule has 0 aliphatic heterocycles. The smallest absolute Gasteiger partial charge is 0.220 e. The maximum absolute atomic E-state index is 11.4. The molecule has 0 aliphatic carbocycles. The SMILES string of the molecule is CC(C)(C)CC(=O)NCc1ccsc1. The topological polar surface area (TPSA) is 29.1 Å². The second kappa shape index (κ2) is 4.60. The summed E-state index contributed by atoms with van der Waals surface area (Å²) in [6.07, 6.45) is 0.580. The molecule has 0 aliphatic rings. The van der Waals surface area contributed by atoms with Crippen LogP contribution >= 0.6 is 11.3 Å². The van der Waals surface area contributed by atoms with E-state index in [9.17, 15) is 4.79 Å². The molecular weight excluding hydrogens is 194 g/mol. The summed E-state index contributed by atoms with van der Waals surface area (Å²) < 4.78 is 0. The molecule has 1 aromatic rings. The van der Waals surface area contributed by atoms with E-state index in [4.69, 9.17) is 0 Å². The summed E-state index contributed by atoms with van der Waals surface area (Å²) in [6.45, 7) is 6.85. The van der Waals surface area contributed by atoms with Crippen LogP contribution in [0.1, 0.15) is 32.8 Å². The highest BCUT2D eigenvalue weighted by Crippen LogP contribution is 2.17. The number of hydrogen-bond donors (Lipinski definition) is 1. The number of carbonyl (C=O) groups is 1. The number of amides is 1. The molecule has 0 spiro atoms. The maximum Gasteiger partial charge on any atom is 0.220 e. The molecule has 0 saturated carbocycles. The van der Waals surface area contributed by atoms with Crippen LogP contribution in [0, 0.1) is 5.41 Å². The molecule has 2 nitrogen and oxygen atoms in total. The maximum atomic E-state index is 11.4. The van der Waals surface area contributed by atoms with Gasteiger partial charge in [-0.15, -0.1) is 0 Å². The van der Waals surface area contributed by atoms with Crippen molar-refractivity contribution in [2.75, 3.05) is 0 Å². The van der Waals surface area contributed by atoms with Crippen molar-refractivity contribution in [3.63, 3.8) is 0 Å². The van der Waals surface area contributed by atoms with Crippen LogP contribution in [0.25, 0.3) is 0 Å². The van der Waals surface area contributed by atoms with Crippen LogP contribution in [-0.2, 0) is 11.3 Å². The minimum absolute atomic E-state index is 0.0682. The monoisotopic (exact) mass is 211 g/mol. The van der Waals surface area contributed by atoms with Gasteiger partial charge in [0.15, 0.2) is 0 Å². The molecule has 0 aromatic carbocycles. The number of nitrogens with one attached hydrogen (secondary N) is 1. The van der Waals surface area contributed by atoms with Crippen molar-refractivity contribution in [3.8, 4) is 0 Å². The van der Waals surface area contributed by atoms with Crippen LogP contribution in [-0.4, -0.2) is 5.91 Å². The molecule has 14 heavy (non-hydrogen) atoms. The molecule has 1 rings (SSSR count). The first-order valence-corrected chi connectivity index (χ1v) is 5.69. The Bertz CT molecular complexity index is 285. The largest absolute Gasteiger partial charge is 0.352 e. The van der Waals surface area contributed by atoms with Crippen molar-refractivity contribution >= 4 is 17.2 Å². The second-order valence-electron chi connectivity index (χ2n) is 4.65. The predicted molar refractivity (Wildman–Crippen MR) is 60.2 cm³/mol. The fraction of sp³-hybridized carbons (Fsp3) is 0.545. The van der Waals surface area contributed by atoms with Crippen molar-refractivity contribution in [2.45, 2.75) is 33.7 Å². The van der Waals surface area contributed by atoms with Gasteiger partial charge in [-0.2, -0.15) is 11.3 Å². The van der Waals surface area contributed by atoms with E-state index < -0.39 is 0 Å². The lowest BCUT2D eigenvalue weighted by atomic mass is 9.92. The minimum Gasteiger partial charge on any atom is -0.352 e. The molecule has 0 unspecified atom stereocenters. The van der Waals surface area contributed by atoms with E-state index in [2.05, 4.69) is 31.5 Å². The Hall–Kier alpha value is -0.830. The summed E-state index contributed by atoms with van der Waals surface area (Å²) in [4.78, 5) is 11.4. The quantitative estimate of drug-likeness (QED) is 0.818. The van der Waals surface area contributed by atoms with Crippen LogP contribution < -0.4 is 5.32 Å². The molecule has 3 heteroatoms. The summed E-state index contributed by atoms with van der Waals surface area (Å²) in [6, 6.07) is 2.03. The molecule has 0 bridgehead atoms. The highest BCUT2D eigenvalue weighted by Gasteiger charge is 2.15. The number of hydrogen-bond acceptors (Lipinski definition) is 2. The van der Waals surface area contributed by atoms with Crippen LogP contribution in [0.2, 0.25) is 0 Å². The Morgan fingerprint density at radius 2 is 2.21 bits per heavy atom. The normalized spacial score (nSPS) is 11.4. The van der Waals surface area contributed by atoms with Crippen LogP contribution in [0.4, 0.5) is 0 Å². The van der Waals surface area contributed by atoms with E-state index in [0.29, 0.717) is 13.0 Å². The summed E-state index contributed by atoms with van der Waals surface area (Å²) in [5.74, 6) is 0.128. The van der Waals surface area contributed by atoms with E-state index in [1.54, 1.807) is 11.3 Å². The van der Waals surface area contributed by atoms with Crippen molar-refractivity contribution < 1.29 is 4.79 Å². The molecule has 1 N–H and O–H groups in total. The molecule has 0 radical (unpaired) electrons. The summed E-state index contributed by atoms with van der Waals surface area (Å²) >= 11 is 1.65. The van der Waals surface area contributed by atoms with Crippen molar-refractivity contribution in [3.05, 3.63) is 22.4 Å². The summed E-state index contributed by atoms with van der Waals surface area (Å²) in [7, 11) is 0. The number of thiophene rings is 1. The van der Waals surface area contributed by atoms with Gasteiger partial charge in [-0.3, -0.25) is 4.79 Å². The first-order valence-electron chi connectivity index (χ1n) is 4.75. The molecule has 1 aromatic heterocycles. The van der Waals surface area contributed by atoms with Gasteiger partial charge in [-0.05, 0) is 27.8 Å². The zero-order chi connectivity index (χ0) is 10.6. The van der Waals surface area contributed by atoms with Crippen molar-refractivity contribution in [1.82, 2.24) is 5.32 Å². The Morgan fingerprint density at radius 3 is 2.71 bits per heavy atom. The fourth-order valence-electron chi connectivity index (χ4n) is 1.14. The Kier molecular flexibility index (Phi) is 3.69. The molecule has 1 amide bonds. The Labute approximate surface area is 89.3 Å². The molecule has 0 saturated heterocycles. The molecular formula is C11H17NOS. The van der Waals surface area contributed by atoms with Gasteiger partial charge >= 0.3 is 0 Å². The zero-order valence-electron chi connectivity index (χ0n) is 8.96. The van der Waals surface area contributed by atoms with Gasteiger partial charge in [-0.25, -0.2) is 0 Å². The lowest BCUT2D eigenvalue weighted by Gasteiger charge is -2.16. The fourth-order valence-corrected chi connectivity index (χ4v) is 1.81. The summed E-state index contributed by atoms with van der Waals surface area (Å²) in [5.41, 5.74) is 1.25. The Morgan fingerprint density at radius 1 is 1.50 bits per heavy atom. The molecule has 78 valence electrons. The third kappa shape index (κ3) is 4.42. The van der Waals surface area contributed by atoms with Crippen molar-refractivity contribution in [1.29, 1.82) is 0 Å². The lowest BCUT2D eigenvalue weighted by molar-refractivity contribution is -0.122. The van der Waals surface area contributed by atoms with Gasteiger partial charge in [0.2, 0.25) is 5.91 Å². The highest BCUT2D eigenvalue weighted by molar-refractivity contribution is 7.07. The van der Waals surface area contributed by atoms with Gasteiger partial charge in [0.25, 0.3) is 0 Å². The van der Waals surface area contributed by atoms with E-state index in [1.165, 1.54) is 5.56 Å². The van der Waals surface area contributed by atoms with E-state index in [-0.39, 0.29) is 11.3 Å². The van der Waals surface area contributed by atoms with E-state index >= 15 is 0 Å². The predicted octanol–water partition coefficient (Wildman–Crippen LogP) is 2.80. The first kappa shape index (κ1) is 11.2. The van der Waals surface area contributed by atoms with Gasteiger partial charge in [0, 0.05) is 13.0 Å². The van der Waals surface area contributed by atoms with E-state index in [0.717, 1.165) is 0 Å². The average Bonchev–Trinajstić information content (AvgIpc) is 2.49. The van der Waals surface area contributed by atoms with Crippen molar-refractivity contribution in [2.24, 2.45) is 5.41 Å². The molecule has 0 fully saturated rings. The first-order chi connectivity index (χ1) is 6.47. The third-order valence-corrected chi connectivity index (χ3v) is 2.49. The van der Waals surface area contributed by atoms with Crippen LogP contribution in [0.5, 0.6) is 0 Å². The summed E-state index contributed by atoms with van der Waals surface area (Å²) in [5, 5.41) is 6.98. The van der Waals surface area contributed by atoms with Gasteiger partial charge in [0.05, 0.1) is 0 Å². The van der Waals surface area contributed by atoms with E-state index in [1.807, 2.05) is 11.4 Å². The number of carbonyl (C=O) groups excluding carboxylic acids is 1. The molecule has 1 heterocycles. The average molecular weight is 211 g/mol. The Balaban J connectivity index is 2.29. The zero-order valence-corrected chi connectivity index (χ0v) is 9.78. The second-order valence-corrected chi connectivity index (χ2v) is 5.43. The standard InChI is InChI=1S/C11H17NOS/c1-11(2,3)6-10(13)12-7-9-4-5-14-8-9/h4-5,8H,6-7H2,1-3H3,(H,12,13).